The number of hydrogen-bond acceptors (Lipinski definition) is 10. The Kier molecular flexibility index (Phi) is 10.4. The topological polar surface area (TPSA) is 141 Å². The van der Waals surface area contributed by atoms with E-state index in [-0.39, 0.29) is 16.7 Å². The standard InChI is InChI=1S/C29H24Cl3NO9/c30-29(31,32)28(33)42-27-23(41-26(37)19-14-8-3-9-15-19)22(40-25(36)18-12-6-2-7-13-18)21(20(16-34)38-27)39-24(35)17-10-4-1-5-11-17/h1-15,20-23,27,33-34H,16H2/t20-,21-,22+,23+,27?/m1/s1. The van der Waals surface area contributed by atoms with E-state index >= 15 is 0 Å². The molecular weight excluding hydrogens is 613 g/mol. The molecule has 1 aliphatic rings. The summed E-state index contributed by atoms with van der Waals surface area (Å²) < 4.78 is 26.0. The molecule has 0 aromatic heterocycles. The van der Waals surface area contributed by atoms with Gasteiger partial charge in [-0.1, -0.05) is 89.4 Å². The second-order valence-electron chi connectivity index (χ2n) is 8.88. The number of ether oxygens (including phenoxy) is 5. The lowest BCUT2D eigenvalue weighted by Crippen LogP contribution is -2.63. The molecule has 1 aliphatic heterocycles. The highest BCUT2D eigenvalue weighted by molar-refractivity contribution is 6.76. The SMILES string of the molecule is N=C(OC1O[C@H](CO)[C@@H](OC(=O)c2ccccc2)[C@H](OC(=O)c2ccccc2)[C@@H]1OC(=O)c1ccccc1)C(Cl)(Cl)Cl. The summed E-state index contributed by atoms with van der Waals surface area (Å²) in [6, 6.07) is 23.6. The van der Waals surface area contributed by atoms with E-state index in [2.05, 4.69) is 0 Å². The van der Waals surface area contributed by atoms with Gasteiger partial charge < -0.3 is 28.8 Å². The van der Waals surface area contributed by atoms with Gasteiger partial charge in [-0.3, -0.25) is 5.41 Å². The molecule has 3 aromatic rings. The number of aliphatic hydroxyl groups is 1. The number of nitrogens with one attached hydrogen (secondary N) is 1. The maximum absolute atomic E-state index is 13.2. The summed E-state index contributed by atoms with van der Waals surface area (Å²) in [5.41, 5.74) is 0.386. The van der Waals surface area contributed by atoms with Gasteiger partial charge in [-0.05, 0) is 36.4 Å². The van der Waals surface area contributed by atoms with Gasteiger partial charge in [0.1, 0.15) is 6.10 Å². The van der Waals surface area contributed by atoms with Crippen molar-refractivity contribution in [2.24, 2.45) is 0 Å². The van der Waals surface area contributed by atoms with Crippen LogP contribution in [0.15, 0.2) is 91.0 Å². The van der Waals surface area contributed by atoms with Gasteiger partial charge in [-0.2, -0.15) is 0 Å². The highest BCUT2D eigenvalue weighted by Crippen LogP contribution is 2.34. The first-order valence-electron chi connectivity index (χ1n) is 12.4. The van der Waals surface area contributed by atoms with Crippen molar-refractivity contribution in [2.45, 2.75) is 34.5 Å². The van der Waals surface area contributed by atoms with Crippen LogP contribution in [0.4, 0.5) is 0 Å². The predicted molar refractivity (Wildman–Crippen MR) is 152 cm³/mol. The van der Waals surface area contributed by atoms with Crippen LogP contribution in [-0.2, 0) is 23.7 Å². The van der Waals surface area contributed by atoms with Crippen LogP contribution in [0.25, 0.3) is 0 Å². The van der Waals surface area contributed by atoms with Crippen molar-refractivity contribution >= 4 is 58.6 Å². The van der Waals surface area contributed by atoms with Crippen LogP contribution in [-0.4, -0.2) is 70.0 Å². The monoisotopic (exact) mass is 635 g/mol. The molecule has 42 heavy (non-hydrogen) atoms. The zero-order valence-electron chi connectivity index (χ0n) is 21.6. The summed E-state index contributed by atoms with van der Waals surface area (Å²) in [4.78, 5) is 39.5. The molecule has 0 aliphatic carbocycles. The average molecular weight is 637 g/mol. The number of alkyl halides is 3. The van der Waals surface area contributed by atoms with E-state index in [0.29, 0.717) is 0 Å². The van der Waals surface area contributed by atoms with E-state index in [4.69, 9.17) is 63.9 Å². The van der Waals surface area contributed by atoms with Gasteiger partial charge in [0.2, 0.25) is 18.3 Å². The van der Waals surface area contributed by atoms with Crippen LogP contribution in [0.5, 0.6) is 0 Å². The van der Waals surface area contributed by atoms with E-state index < -0.39 is 64.9 Å². The van der Waals surface area contributed by atoms with E-state index in [1.54, 1.807) is 54.6 Å². The summed E-state index contributed by atoms with van der Waals surface area (Å²) in [5.74, 6) is -3.53. The maximum atomic E-state index is 13.2. The maximum Gasteiger partial charge on any atom is 0.338 e. The molecule has 0 radical (unpaired) electrons. The Morgan fingerprint density at radius 1 is 0.667 bits per heavy atom. The predicted octanol–water partition coefficient (Wildman–Crippen LogP) is 4.74. The van der Waals surface area contributed by atoms with E-state index in [9.17, 15) is 19.5 Å². The average Bonchev–Trinajstić information content (AvgIpc) is 3.00. The molecule has 4 rings (SSSR count). The van der Waals surface area contributed by atoms with Crippen LogP contribution in [0.2, 0.25) is 0 Å². The summed E-state index contributed by atoms with van der Waals surface area (Å²) in [5, 5.41) is 18.3. The lowest BCUT2D eigenvalue weighted by atomic mass is 9.97. The number of esters is 3. The number of carbonyl (C=O) groups is 3. The largest absolute Gasteiger partial charge is 0.452 e. The first kappa shape index (κ1) is 31.3. The van der Waals surface area contributed by atoms with Gasteiger partial charge in [-0.15, -0.1) is 0 Å². The Labute approximate surface area is 255 Å². The number of rotatable bonds is 8. The van der Waals surface area contributed by atoms with Gasteiger partial charge in [0.15, 0.2) is 12.2 Å². The number of halogens is 3. The van der Waals surface area contributed by atoms with Crippen LogP contribution < -0.4 is 0 Å². The Morgan fingerprint density at radius 2 is 1.05 bits per heavy atom. The Hall–Kier alpha value is -3.67. The van der Waals surface area contributed by atoms with Crippen molar-refractivity contribution in [3.63, 3.8) is 0 Å². The van der Waals surface area contributed by atoms with Crippen molar-refractivity contribution in [1.82, 2.24) is 0 Å². The van der Waals surface area contributed by atoms with Gasteiger partial charge in [0.05, 0.1) is 23.3 Å². The molecule has 1 unspecified atom stereocenters. The van der Waals surface area contributed by atoms with Crippen LogP contribution in [0.1, 0.15) is 31.1 Å². The summed E-state index contributed by atoms with van der Waals surface area (Å²) in [6.45, 7) is -0.771. The quantitative estimate of drug-likeness (QED) is 0.118. The second kappa shape index (κ2) is 14.0. The molecular formula is C29H24Cl3NO9. The lowest BCUT2D eigenvalue weighted by molar-refractivity contribution is -0.279. The minimum absolute atomic E-state index is 0.114. The fraction of sp³-hybridized carbons (Fsp3) is 0.241. The van der Waals surface area contributed by atoms with Gasteiger partial charge in [0.25, 0.3) is 3.79 Å². The molecule has 0 spiro atoms. The van der Waals surface area contributed by atoms with Crippen molar-refractivity contribution in [2.75, 3.05) is 6.61 Å². The third-order valence-electron chi connectivity index (χ3n) is 6.02. The summed E-state index contributed by atoms with van der Waals surface area (Å²) >= 11 is 17.4. The van der Waals surface area contributed by atoms with E-state index in [0.717, 1.165) is 0 Å². The minimum atomic E-state index is -2.35. The highest BCUT2D eigenvalue weighted by atomic mass is 35.6. The number of aliphatic hydroxyl groups excluding tert-OH is 1. The molecule has 1 fully saturated rings. The van der Waals surface area contributed by atoms with Gasteiger partial charge >= 0.3 is 17.9 Å². The zero-order chi connectivity index (χ0) is 30.3. The van der Waals surface area contributed by atoms with Crippen LogP contribution >= 0.6 is 34.8 Å². The normalized spacial score (nSPS) is 22.0. The number of carbonyl (C=O) groups excluding carboxylic acids is 3. The molecule has 220 valence electrons. The summed E-state index contributed by atoms with van der Waals surface area (Å²) in [6.07, 6.45) is -7.98. The molecule has 1 saturated heterocycles. The number of benzene rings is 3. The lowest BCUT2D eigenvalue weighted by Gasteiger charge is -2.44. The van der Waals surface area contributed by atoms with Gasteiger partial charge in [-0.25, -0.2) is 14.4 Å². The van der Waals surface area contributed by atoms with Gasteiger partial charge in [0, 0.05) is 0 Å². The highest BCUT2D eigenvalue weighted by Gasteiger charge is 2.54. The van der Waals surface area contributed by atoms with Crippen LogP contribution in [0, 0.1) is 5.41 Å². The Balaban J connectivity index is 1.76. The van der Waals surface area contributed by atoms with Crippen LogP contribution in [0.3, 0.4) is 0 Å². The molecule has 3 aromatic carbocycles. The molecule has 2 N–H and O–H groups in total. The third kappa shape index (κ3) is 7.78. The van der Waals surface area contributed by atoms with Crippen molar-refractivity contribution in [1.29, 1.82) is 5.41 Å². The number of hydrogen-bond donors (Lipinski definition) is 2. The fourth-order valence-corrected chi connectivity index (χ4v) is 4.14. The van der Waals surface area contributed by atoms with E-state index in [1.165, 1.54) is 36.4 Å². The van der Waals surface area contributed by atoms with Crippen molar-refractivity contribution < 1.29 is 43.2 Å². The zero-order valence-corrected chi connectivity index (χ0v) is 23.9. The molecule has 0 amide bonds. The summed E-state index contributed by atoms with van der Waals surface area (Å²) in [7, 11) is 0. The molecule has 10 nitrogen and oxygen atoms in total. The fourth-order valence-electron chi connectivity index (χ4n) is 4.00. The smallest absolute Gasteiger partial charge is 0.338 e. The Morgan fingerprint density at radius 3 is 1.43 bits per heavy atom. The Bertz CT molecular complexity index is 1390. The first-order valence-corrected chi connectivity index (χ1v) is 13.6. The molecule has 0 saturated carbocycles. The molecule has 5 atom stereocenters. The third-order valence-corrected chi connectivity index (χ3v) is 6.54. The molecule has 1 heterocycles. The minimum Gasteiger partial charge on any atom is -0.452 e. The van der Waals surface area contributed by atoms with Crippen molar-refractivity contribution in [3.05, 3.63) is 108 Å². The molecule has 0 bridgehead atoms. The molecule has 13 heteroatoms. The van der Waals surface area contributed by atoms with Crippen molar-refractivity contribution in [3.8, 4) is 0 Å². The second-order valence-corrected chi connectivity index (χ2v) is 11.2. The first-order chi connectivity index (χ1) is 20.1. The van der Waals surface area contributed by atoms with E-state index in [1.807, 2.05) is 0 Å².